The van der Waals surface area contributed by atoms with Gasteiger partial charge in [0.1, 0.15) is 0 Å². The van der Waals surface area contributed by atoms with Crippen molar-refractivity contribution < 1.29 is 0 Å². The van der Waals surface area contributed by atoms with Crippen LogP contribution in [0.25, 0.3) is 17.2 Å². The Morgan fingerprint density at radius 1 is 0.703 bits per heavy atom. The van der Waals surface area contributed by atoms with Crippen molar-refractivity contribution in [1.82, 2.24) is 0 Å². The van der Waals surface area contributed by atoms with Gasteiger partial charge in [-0.25, -0.2) is 0 Å². The van der Waals surface area contributed by atoms with E-state index >= 15 is 0 Å². The summed E-state index contributed by atoms with van der Waals surface area (Å²) in [6.45, 7) is 26.5. The van der Waals surface area contributed by atoms with Crippen LogP contribution in [0.3, 0.4) is 0 Å². The maximum Gasteiger partial charge on any atom is 0.0296 e. The Balaban J connectivity index is 0.000000907. The van der Waals surface area contributed by atoms with E-state index in [4.69, 9.17) is 0 Å². The first-order valence-electron chi connectivity index (χ1n) is 14.5. The molecular weight excluding hydrogens is 444 g/mol. The van der Waals surface area contributed by atoms with Gasteiger partial charge in [0.05, 0.1) is 0 Å². The molecule has 0 saturated carbocycles. The summed E-state index contributed by atoms with van der Waals surface area (Å²) in [6, 6.07) is 19.2. The average molecular weight is 495 g/mol. The lowest BCUT2D eigenvalue weighted by atomic mass is 9.66. The smallest absolute Gasteiger partial charge is 0.0296 e. The first-order chi connectivity index (χ1) is 17.4. The van der Waals surface area contributed by atoms with E-state index in [2.05, 4.69) is 116 Å². The van der Waals surface area contributed by atoms with E-state index in [1.165, 1.54) is 50.1 Å². The summed E-state index contributed by atoms with van der Waals surface area (Å²) in [7, 11) is 0. The highest BCUT2D eigenvalue weighted by Gasteiger charge is 2.45. The highest BCUT2D eigenvalue weighted by atomic mass is 14.5. The van der Waals surface area contributed by atoms with Crippen LogP contribution < -0.4 is 0 Å². The highest BCUT2D eigenvalue weighted by Crippen LogP contribution is 2.56. The molecule has 0 N–H and O–H groups in total. The monoisotopic (exact) mass is 494 g/mol. The molecule has 0 spiro atoms. The van der Waals surface area contributed by atoms with Gasteiger partial charge < -0.3 is 0 Å². The molecule has 0 bridgehead atoms. The Morgan fingerprint density at radius 3 is 1.84 bits per heavy atom. The summed E-state index contributed by atoms with van der Waals surface area (Å²) in [4.78, 5) is 0. The number of hydrogen-bond donors (Lipinski definition) is 0. The fourth-order valence-electron chi connectivity index (χ4n) is 5.96. The van der Waals surface area contributed by atoms with E-state index in [-0.39, 0.29) is 16.2 Å². The fraction of sp³-hybridized carbons (Fsp3) is 0.459. The van der Waals surface area contributed by atoms with Gasteiger partial charge in [-0.1, -0.05) is 135 Å². The largest absolute Gasteiger partial charge is 0.0827 e. The third kappa shape index (κ3) is 5.22. The van der Waals surface area contributed by atoms with Gasteiger partial charge in [-0.15, -0.1) is 0 Å². The van der Waals surface area contributed by atoms with Gasteiger partial charge in [-0.05, 0) is 87.6 Å². The normalized spacial score (nSPS) is 17.2. The Hall–Kier alpha value is -2.60. The molecule has 3 aromatic rings. The highest BCUT2D eigenvalue weighted by molar-refractivity contribution is 5.87. The lowest BCUT2D eigenvalue weighted by molar-refractivity contribution is 0.519. The van der Waals surface area contributed by atoms with Crippen molar-refractivity contribution in [2.24, 2.45) is 0 Å². The zero-order valence-electron chi connectivity index (χ0n) is 25.7. The second-order valence-electron chi connectivity index (χ2n) is 12.6. The van der Waals surface area contributed by atoms with E-state index in [1.54, 1.807) is 5.56 Å². The van der Waals surface area contributed by atoms with E-state index in [9.17, 15) is 0 Å². The summed E-state index contributed by atoms with van der Waals surface area (Å²) in [5.74, 6) is 0. The molecule has 5 rings (SSSR count). The van der Waals surface area contributed by atoms with Crippen LogP contribution in [0.1, 0.15) is 120 Å². The number of rotatable bonds is 2. The lowest BCUT2D eigenvalue weighted by Crippen LogP contribution is -2.31. The molecular formula is C37H50. The SMILES string of the molecule is CC.CC.Cc1ccc2c(c1)C1(Cc3cc(C(C)(C)C)cc(C(C)(C)C)c3)CC=Cc3c(C)ccc-2c31. The molecule has 0 saturated heterocycles. The number of benzene rings is 3. The number of fused-ring (bicyclic) bond motifs is 3. The minimum absolute atomic E-state index is 0.0124. The molecule has 3 aromatic carbocycles. The summed E-state index contributed by atoms with van der Waals surface area (Å²) in [5, 5.41) is 0. The standard InChI is InChI=1S/C33H38.2C2H6/c1-21-11-13-27-28-14-12-22(2)26-10-9-15-33(30(26)28,29(27)16-21)20-23-17-24(31(3,4)5)19-25(18-23)32(6,7)8;2*1-2/h9-14,16-19H,15,20H2,1-8H3;2*1-2H3. The van der Waals surface area contributed by atoms with E-state index in [0.29, 0.717) is 0 Å². The molecule has 2 aliphatic carbocycles. The Bertz CT molecular complexity index is 1250. The predicted octanol–water partition coefficient (Wildman–Crippen LogP) is 10.9. The van der Waals surface area contributed by atoms with Gasteiger partial charge in [0.15, 0.2) is 0 Å². The zero-order valence-corrected chi connectivity index (χ0v) is 25.7. The van der Waals surface area contributed by atoms with Crippen LogP contribution in [0.4, 0.5) is 0 Å². The third-order valence-corrected chi connectivity index (χ3v) is 7.90. The van der Waals surface area contributed by atoms with Crippen molar-refractivity contribution >= 4 is 6.08 Å². The molecule has 0 fully saturated rings. The van der Waals surface area contributed by atoms with E-state index < -0.39 is 0 Å². The second kappa shape index (κ2) is 10.6. The van der Waals surface area contributed by atoms with Crippen LogP contribution in [-0.4, -0.2) is 0 Å². The topological polar surface area (TPSA) is 0 Å². The van der Waals surface area contributed by atoms with Crippen LogP contribution in [-0.2, 0) is 22.7 Å². The summed E-state index contributed by atoms with van der Waals surface area (Å²) < 4.78 is 0. The Morgan fingerprint density at radius 2 is 1.27 bits per heavy atom. The molecule has 0 radical (unpaired) electrons. The summed E-state index contributed by atoms with van der Waals surface area (Å²) >= 11 is 0. The van der Waals surface area contributed by atoms with Crippen LogP contribution in [0, 0.1) is 13.8 Å². The molecule has 37 heavy (non-hydrogen) atoms. The maximum absolute atomic E-state index is 2.49. The minimum Gasteiger partial charge on any atom is -0.0827 e. The molecule has 2 aliphatic rings. The number of aryl methyl sites for hydroxylation is 2. The summed E-state index contributed by atoms with van der Waals surface area (Å²) in [5.41, 5.74) is 14.8. The van der Waals surface area contributed by atoms with Gasteiger partial charge in [0.25, 0.3) is 0 Å². The van der Waals surface area contributed by atoms with Crippen molar-refractivity contribution in [2.75, 3.05) is 0 Å². The van der Waals surface area contributed by atoms with Crippen molar-refractivity contribution in [1.29, 1.82) is 0 Å². The number of allylic oxidation sites excluding steroid dienone is 1. The zero-order chi connectivity index (χ0) is 27.8. The van der Waals surface area contributed by atoms with Gasteiger partial charge >= 0.3 is 0 Å². The van der Waals surface area contributed by atoms with E-state index in [1.807, 2.05) is 27.7 Å². The van der Waals surface area contributed by atoms with Crippen molar-refractivity contribution in [3.8, 4) is 11.1 Å². The molecule has 0 heterocycles. The molecule has 198 valence electrons. The molecule has 1 unspecified atom stereocenters. The Labute approximate surface area is 228 Å². The van der Waals surface area contributed by atoms with Crippen LogP contribution in [0.2, 0.25) is 0 Å². The summed E-state index contributed by atoms with van der Waals surface area (Å²) in [6.07, 6.45) is 6.91. The van der Waals surface area contributed by atoms with Crippen LogP contribution in [0.15, 0.2) is 54.6 Å². The average Bonchev–Trinajstić information content (AvgIpc) is 3.12. The molecule has 0 aliphatic heterocycles. The second-order valence-corrected chi connectivity index (χ2v) is 12.6. The molecule has 0 amide bonds. The predicted molar refractivity (Wildman–Crippen MR) is 166 cm³/mol. The van der Waals surface area contributed by atoms with Gasteiger partial charge in [-0.2, -0.15) is 0 Å². The van der Waals surface area contributed by atoms with Crippen molar-refractivity contribution in [3.05, 3.63) is 99.1 Å². The number of hydrogen-bond acceptors (Lipinski definition) is 0. The minimum atomic E-state index is 0.0124. The van der Waals surface area contributed by atoms with E-state index in [0.717, 1.165) is 12.8 Å². The van der Waals surface area contributed by atoms with Crippen LogP contribution in [0.5, 0.6) is 0 Å². The molecule has 0 nitrogen and oxygen atoms in total. The van der Waals surface area contributed by atoms with Crippen molar-refractivity contribution in [2.45, 2.75) is 112 Å². The van der Waals surface area contributed by atoms with Gasteiger partial charge in [0, 0.05) is 5.41 Å². The third-order valence-electron chi connectivity index (χ3n) is 7.90. The first kappa shape index (κ1) is 29.0. The Kier molecular flexibility index (Phi) is 8.33. The van der Waals surface area contributed by atoms with Gasteiger partial charge in [0.2, 0.25) is 0 Å². The maximum atomic E-state index is 2.49. The molecule has 1 atom stereocenters. The fourth-order valence-corrected chi connectivity index (χ4v) is 5.96. The lowest BCUT2D eigenvalue weighted by Gasteiger charge is -2.36. The van der Waals surface area contributed by atoms with Crippen molar-refractivity contribution in [3.63, 3.8) is 0 Å². The van der Waals surface area contributed by atoms with Gasteiger partial charge in [-0.3, -0.25) is 0 Å². The first-order valence-corrected chi connectivity index (χ1v) is 14.5. The molecule has 0 heteroatoms. The quantitative estimate of drug-likeness (QED) is 0.332. The van der Waals surface area contributed by atoms with Crippen LogP contribution >= 0.6 is 0 Å². The molecule has 0 aromatic heterocycles.